The Morgan fingerprint density at radius 1 is 1.43 bits per heavy atom. The molecule has 0 unspecified atom stereocenters. The Bertz CT molecular complexity index is 308. The number of aliphatic carboxylic acids is 1. The van der Waals surface area contributed by atoms with Crippen LogP contribution in [-0.4, -0.2) is 18.2 Å². The number of ether oxygens (including phenoxy) is 1. The highest BCUT2D eigenvalue weighted by Crippen LogP contribution is 2.27. The first kappa shape index (κ1) is 10.7. The van der Waals surface area contributed by atoms with Crippen LogP contribution in [0.3, 0.4) is 0 Å². The normalized spacial score (nSPS) is 14.7. The molecule has 3 heteroatoms. The highest BCUT2D eigenvalue weighted by Gasteiger charge is 2.28. The lowest BCUT2D eigenvalue weighted by molar-refractivity contribution is -0.143. The van der Waals surface area contributed by atoms with Crippen molar-refractivity contribution in [3.8, 4) is 0 Å². The van der Waals surface area contributed by atoms with Crippen molar-refractivity contribution < 1.29 is 14.6 Å². The lowest BCUT2D eigenvalue weighted by Gasteiger charge is -2.26. The van der Waals surface area contributed by atoms with E-state index in [0.29, 0.717) is 0 Å². The molecule has 76 valence electrons. The van der Waals surface area contributed by atoms with Crippen molar-refractivity contribution in [1.82, 2.24) is 0 Å². The fourth-order valence-electron chi connectivity index (χ4n) is 1.37. The molecule has 0 fully saturated rings. The zero-order valence-electron chi connectivity index (χ0n) is 8.36. The predicted octanol–water partition coefficient (Wildman–Crippen LogP) is 2.02. The molecule has 1 aromatic carbocycles. The van der Waals surface area contributed by atoms with Gasteiger partial charge in [-0.05, 0) is 12.5 Å². The highest BCUT2D eigenvalue weighted by molar-refractivity contribution is 5.68. The summed E-state index contributed by atoms with van der Waals surface area (Å²) in [5.74, 6) is -0.863. The van der Waals surface area contributed by atoms with E-state index in [-0.39, 0.29) is 6.42 Å². The van der Waals surface area contributed by atoms with E-state index in [4.69, 9.17) is 9.84 Å². The van der Waals surface area contributed by atoms with Crippen LogP contribution in [0, 0.1) is 0 Å². The minimum atomic E-state index is -0.863. The van der Waals surface area contributed by atoms with Gasteiger partial charge in [-0.3, -0.25) is 4.79 Å². The van der Waals surface area contributed by atoms with Crippen LogP contribution in [0.4, 0.5) is 0 Å². The van der Waals surface area contributed by atoms with E-state index in [0.717, 1.165) is 5.56 Å². The van der Waals surface area contributed by atoms with E-state index in [1.165, 1.54) is 7.11 Å². The molecule has 1 atom stereocenters. The third kappa shape index (κ3) is 2.33. The van der Waals surface area contributed by atoms with E-state index < -0.39 is 11.6 Å². The molecule has 0 bridgehead atoms. The van der Waals surface area contributed by atoms with Gasteiger partial charge in [0.2, 0.25) is 0 Å². The minimum Gasteiger partial charge on any atom is -0.481 e. The van der Waals surface area contributed by atoms with Crippen LogP contribution in [0.5, 0.6) is 0 Å². The van der Waals surface area contributed by atoms with E-state index in [1.807, 2.05) is 30.3 Å². The monoisotopic (exact) mass is 194 g/mol. The molecule has 0 radical (unpaired) electrons. The summed E-state index contributed by atoms with van der Waals surface area (Å²) < 4.78 is 5.25. The molecule has 0 heterocycles. The van der Waals surface area contributed by atoms with Crippen LogP contribution < -0.4 is 0 Å². The fourth-order valence-corrected chi connectivity index (χ4v) is 1.37. The summed E-state index contributed by atoms with van der Waals surface area (Å²) in [5.41, 5.74) is 0.137. The lowest BCUT2D eigenvalue weighted by atomic mass is 9.92. The number of methoxy groups -OCH3 is 1. The van der Waals surface area contributed by atoms with Crippen molar-refractivity contribution >= 4 is 5.97 Å². The van der Waals surface area contributed by atoms with Gasteiger partial charge in [0, 0.05) is 7.11 Å². The summed E-state index contributed by atoms with van der Waals surface area (Å²) in [5, 5.41) is 8.76. The van der Waals surface area contributed by atoms with Gasteiger partial charge in [-0.2, -0.15) is 0 Å². The molecule has 3 nitrogen and oxygen atoms in total. The zero-order valence-corrected chi connectivity index (χ0v) is 8.36. The number of benzene rings is 1. The molecule has 0 spiro atoms. The van der Waals surface area contributed by atoms with Crippen LogP contribution in [-0.2, 0) is 15.1 Å². The van der Waals surface area contributed by atoms with E-state index in [1.54, 1.807) is 6.92 Å². The van der Waals surface area contributed by atoms with Gasteiger partial charge in [0.05, 0.1) is 6.42 Å². The Balaban J connectivity index is 2.95. The van der Waals surface area contributed by atoms with Gasteiger partial charge in [0.1, 0.15) is 5.60 Å². The van der Waals surface area contributed by atoms with Crippen molar-refractivity contribution in [2.75, 3.05) is 7.11 Å². The van der Waals surface area contributed by atoms with Gasteiger partial charge in [-0.1, -0.05) is 30.3 Å². The standard InChI is InChI=1S/C11H14O3/c1-11(14-2,8-10(12)13)9-6-4-3-5-7-9/h3-7H,8H2,1-2H3,(H,12,13)/t11-/m1/s1. The number of carboxylic acid groups (broad SMARTS) is 1. The second-order valence-corrected chi connectivity index (χ2v) is 3.37. The van der Waals surface area contributed by atoms with Crippen molar-refractivity contribution in [1.29, 1.82) is 0 Å². The summed E-state index contributed by atoms with van der Waals surface area (Å²) in [6, 6.07) is 9.36. The van der Waals surface area contributed by atoms with Crippen LogP contribution in [0.25, 0.3) is 0 Å². The van der Waals surface area contributed by atoms with Crippen LogP contribution in [0.2, 0.25) is 0 Å². The Hall–Kier alpha value is -1.35. The number of carbonyl (C=O) groups is 1. The van der Waals surface area contributed by atoms with Crippen LogP contribution >= 0.6 is 0 Å². The van der Waals surface area contributed by atoms with Crippen molar-refractivity contribution in [3.05, 3.63) is 35.9 Å². The van der Waals surface area contributed by atoms with E-state index in [9.17, 15) is 4.79 Å². The van der Waals surface area contributed by atoms with Crippen LogP contribution in [0.1, 0.15) is 18.9 Å². The zero-order chi connectivity index (χ0) is 10.6. The number of hydrogen-bond donors (Lipinski definition) is 1. The lowest BCUT2D eigenvalue weighted by Crippen LogP contribution is -2.27. The first-order valence-corrected chi connectivity index (χ1v) is 4.41. The third-order valence-corrected chi connectivity index (χ3v) is 2.32. The van der Waals surface area contributed by atoms with Crippen molar-refractivity contribution in [3.63, 3.8) is 0 Å². The maximum absolute atomic E-state index is 10.7. The minimum absolute atomic E-state index is 0.0342. The van der Waals surface area contributed by atoms with Gasteiger partial charge >= 0.3 is 5.97 Å². The fraction of sp³-hybridized carbons (Fsp3) is 0.364. The van der Waals surface area contributed by atoms with Gasteiger partial charge in [0.25, 0.3) is 0 Å². The molecular formula is C11H14O3. The van der Waals surface area contributed by atoms with E-state index in [2.05, 4.69) is 0 Å². The molecule has 14 heavy (non-hydrogen) atoms. The summed E-state index contributed by atoms with van der Waals surface area (Å²) in [7, 11) is 1.52. The van der Waals surface area contributed by atoms with Gasteiger partial charge in [-0.25, -0.2) is 0 Å². The molecule has 0 aliphatic carbocycles. The van der Waals surface area contributed by atoms with Crippen LogP contribution in [0.15, 0.2) is 30.3 Å². The van der Waals surface area contributed by atoms with Gasteiger partial charge < -0.3 is 9.84 Å². The Morgan fingerprint density at radius 2 is 2.00 bits per heavy atom. The maximum atomic E-state index is 10.7. The average molecular weight is 194 g/mol. The molecule has 1 N–H and O–H groups in total. The summed E-state index contributed by atoms with van der Waals surface area (Å²) in [4.78, 5) is 10.7. The topological polar surface area (TPSA) is 46.5 Å². The third-order valence-electron chi connectivity index (χ3n) is 2.32. The second-order valence-electron chi connectivity index (χ2n) is 3.37. The number of hydrogen-bond acceptors (Lipinski definition) is 2. The Kier molecular flexibility index (Phi) is 3.25. The predicted molar refractivity (Wildman–Crippen MR) is 53.1 cm³/mol. The molecule has 0 aromatic heterocycles. The molecule has 0 amide bonds. The highest BCUT2D eigenvalue weighted by atomic mass is 16.5. The summed E-state index contributed by atoms with van der Waals surface area (Å²) >= 11 is 0. The molecular weight excluding hydrogens is 180 g/mol. The molecule has 0 aliphatic rings. The largest absolute Gasteiger partial charge is 0.481 e. The molecule has 0 saturated carbocycles. The summed E-state index contributed by atoms with van der Waals surface area (Å²) in [6.45, 7) is 1.77. The quantitative estimate of drug-likeness (QED) is 0.797. The number of rotatable bonds is 4. The SMILES string of the molecule is CO[C@](C)(CC(=O)O)c1ccccc1. The smallest absolute Gasteiger partial charge is 0.306 e. The molecule has 0 aliphatic heterocycles. The van der Waals surface area contributed by atoms with Gasteiger partial charge in [-0.15, -0.1) is 0 Å². The number of carboxylic acids is 1. The molecule has 0 saturated heterocycles. The Labute approximate surface area is 83.3 Å². The molecule has 1 aromatic rings. The average Bonchev–Trinajstić information content (AvgIpc) is 2.18. The first-order valence-electron chi connectivity index (χ1n) is 4.41. The van der Waals surface area contributed by atoms with E-state index >= 15 is 0 Å². The maximum Gasteiger partial charge on any atom is 0.306 e. The van der Waals surface area contributed by atoms with Gasteiger partial charge in [0.15, 0.2) is 0 Å². The summed E-state index contributed by atoms with van der Waals surface area (Å²) in [6.07, 6.45) is -0.0342. The Morgan fingerprint density at radius 3 is 2.43 bits per heavy atom. The second kappa shape index (κ2) is 4.24. The van der Waals surface area contributed by atoms with Crippen molar-refractivity contribution in [2.45, 2.75) is 18.9 Å². The molecule has 1 rings (SSSR count). The van der Waals surface area contributed by atoms with Crippen molar-refractivity contribution in [2.24, 2.45) is 0 Å². The first-order chi connectivity index (χ1) is 6.58.